The molecule has 0 fully saturated rings. The summed E-state index contributed by atoms with van der Waals surface area (Å²) in [6.45, 7) is 5.88. The molecule has 2 aromatic rings. The fourth-order valence-electron chi connectivity index (χ4n) is 2.45. The maximum Gasteiger partial charge on any atom is 0.268 e. The van der Waals surface area contributed by atoms with Crippen molar-refractivity contribution in [1.29, 1.82) is 0 Å². The molecular weight excluding hydrogens is 316 g/mol. The summed E-state index contributed by atoms with van der Waals surface area (Å²) in [7, 11) is 0. The zero-order valence-electron chi connectivity index (χ0n) is 14.8. The lowest BCUT2D eigenvalue weighted by molar-refractivity contribution is -0.118. The number of benzene rings is 1. The van der Waals surface area contributed by atoms with Crippen LogP contribution in [0.3, 0.4) is 0 Å². The van der Waals surface area contributed by atoms with Crippen LogP contribution in [0.25, 0.3) is 6.08 Å². The smallest absolute Gasteiger partial charge is 0.268 e. The van der Waals surface area contributed by atoms with E-state index >= 15 is 0 Å². The Kier molecular flexibility index (Phi) is 6.57. The predicted octanol–water partition coefficient (Wildman–Crippen LogP) is 3.66. The van der Waals surface area contributed by atoms with Crippen LogP contribution in [0.2, 0.25) is 0 Å². The maximum atomic E-state index is 12.6. The molecule has 0 aliphatic heterocycles. The average molecular weight is 340 g/mol. The van der Waals surface area contributed by atoms with Crippen LogP contribution in [0.15, 0.2) is 52.8 Å². The Morgan fingerprint density at radius 2 is 1.84 bits per heavy atom. The van der Waals surface area contributed by atoms with Crippen LogP contribution < -0.4 is 10.6 Å². The Labute approximate surface area is 148 Å². The normalized spacial score (nSPS) is 11.4. The number of carbonyl (C=O) groups excluding carboxylic acids is 2. The summed E-state index contributed by atoms with van der Waals surface area (Å²) in [5.41, 5.74) is 1.54. The lowest BCUT2D eigenvalue weighted by Gasteiger charge is -2.17. The quantitative estimate of drug-likeness (QED) is 0.756. The number of nitrogens with one attached hydrogen (secondary N) is 2. The van der Waals surface area contributed by atoms with Gasteiger partial charge in [-0.05, 0) is 43.5 Å². The van der Waals surface area contributed by atoms with Crippen molar-refractivity contribution >= 4 is 17.9 Å². The minimum absolute atomic E-state index is 0.0582. The Morgan fingerprint density at radius 3 is 2.44 bits per heavy atom. The molecule has 2 amide bonds. The Balaban J connectivity index is 2.24. The van der Waals surface area contributed by atoms with E-state index in [0.717, 1.165) is 18.4 Å². The van der Waals surface area contributed by atoms with Crippen LogP contribution in [-0.4, -0.2) is 17.9 Å². The van der Waals surface area contributed by atoms with E-state index in [9.17, 15) is 9.59 Å². The molecule has 0 bridgehead atoms. The molecule has 0 aliphatic rings. The molecule has 0 atom stereocenters. The largest absolute Gasteiger partial charge is 0.465 e. The van der Waals surface area contributed by atoms with Gasteiger partial charge < -0.3 is 15.1 Å². The number of aryl methyl sites for hydroxylation is 1. The van der Waals surface area contributed by atoms with E-state index in [0.29, 0.717) is 11.3 Å². The van der Waals surface area contributed by atoms with Gasteiger partial charge in [-0.3, -0.25) is 9.59 Å². The van der Waals surface area contributed by atoms with Gasteiger partial charge in [0.25, 0.3) is 11.8 Å². The molecule has 0 radical (unpaired) electrons. The average Bonchev–Trinajstić information content (AvgIpc) is 3.12. The third-order valence-corrected chi connectivity index (χ3v) is 4.03. The standard InChI is InChI=1S/C20H24N2O3/c1-4-15(5-2)21-20(24)18(13-16-10-8-12-25-16)22-19(23)17-11-7-6-9-14(17)3/h6-13,15H,4-5H2,1-3H3,(H,21,24)(H,22,23)/b18-13-. The summed E-state index contributed by atoms with van der Waals surface area (Å²) in [5, 5.41) is 5.65. The molecule has 1 aromatic heterocycles. The minimum Gasteiger partial charge on any atom is -0.465 e. The third-order valence-electron chi connectivity index (χ3n) is 4.03. The Bertz CT molecular complexity index is 744. The molecule has 5 heteroatoms. The van der Waals surface area contributed by atoms with E-state index in [-0.39, 0.29) is 23.6 Å². The van der Waals surface area contributed by atoms with Gasteiger partial charge in [-0.25, -0.2) is 0 Å². The molecule has 0 spiro atoms. The van der Waals surface area contributed by atoms with Crippen molar-refractivity contribution in [3.05, 3.63) is 65.2 Å². The zero-order chi connectivity index (χ0) is 18.2. The summed E-state index contributed by atoms with van der Waals surface area (Å²) in [6, 6.07) is 10.8. The van der Waals surface area contributed by atoms with Gasteiger partial charge >= 0.3 is 0 Å². The van der Waals surface area contributed by atoms with Gasteiger partial charge in [0.15, 0.2) is 0 Å². The maximum absolute atomic E-state index is 12.6. The van der Waals surface area contributed by atoms with Crippen LogP contribution in [0.1, 0.15) is 48.4 Å². The lowest BCUT2D eigenvalue weighted by Crippen LogP contribution is -2.40. The van der Waals surface area contributed by atoms with E-state index < -0.39 is 0 Å². The first-order chi connectivity index (χ1) is 12.0. The highest BCUT2D eigenvalue weighted by molar-refractivity contribution is 6.05. The first kappa shape index (κ1) is 18.5. The van der Waals surface area contributed by atoms with Crippen LogP contribution in [-0.2, 0) is 4.79 Å². The zero-order valence-corrected chi connectivity index (χ0v) is 14.8. The molecular formula is C20H24N2O3. The number of rotatable bonds is 7. The molecule has 0 unspecified atom stereocenters. The number of furan rings is 1. The molecule has 1 heterocycles. The van der Waals surface area contributed by atoms with Crippen molar-refractivity contribution in [3.8, 4) is 0 Å². The fourth-order valence-corrected chi connectivity index (χ4v) is 2.45. The second-order valence-electron chi connectivity index (χ2n) is 5.83. The monoisotopic (exact) mass is 340 g/mol. The van der Waals surface area contributed by atoms with Crippen LogP contribution in [0.5, 0.6) is 0 Å². The second-order valence-corrected chi connectivity index (χ2v) is 5.83. The topological polar surface area (TPSA) is 71.3 Å². The number of amides is 2. The highest BCUT2D eigenvalue weighted by Gasteiger charge is 2.18. The van der Waals surface area contributed by atoms with E-state index in [2.05, 4.69) is 10.6 Å². The predicted molar refractivity (Wildman–Crippen MR) is 97.8 cm³/mol. The summed E-state index contributed by atoms with van der Waals surface area (Å²) in [6.07, 6.45) is 4.70. The van der Waals surface area contributed by atoms with Gasteiger partial charge in [-0.15, -0.1) is 0 Å². The van der Waals surface area contributed by atoms with Gasteiger partial charge in [-0.1, -0.05) is 32.0 Å². The first-order valence-electron chi connectivity index (χ1n) is 8.48. The molecule has 25 heavy (non-hydrogen) atoms. The Morgan fingerprint density at radius 1 is 1.12 bits per heavy atom. The van der Waals surface area contributed by atoms with E-state index in [4.69, 9.17) is 4.42 Å². The third kappa shape index (κ3) is 5.08. The summed E-state index contributed by atoms with van der Waals surface area (Å²) < 4.78 is 5.28. The van der Waals surface area contributed by atoms with Crippen LogP contribution >= 0.6 is 0 Å². The van der Waals surface area contributed by atoms with Crippen molar-refractivity contribution in [2.45, 2.75) is 39.7 Å². The number of carbonyl (C=O) groups is 2. The summed E-state index contributed by atoms with van der Waals surface area (Å²) in [4.78, 5) is 25.2. The fraction of sp³-hybridized carbons (Fsp3) is 0.300. The van der Waals surface area contributed by atoms with E-state index in [1.54, 1.807) is 24.3 Å². The minimum atomic E-state index is -0.327. The van der Waals surface area contributed by atoms with E-state index in [1.807, 2.05) is 32.9 Å². The SMILES string of the molecule is CCC(CC)NC(=O)/C(=C/c1ccco1)NC(=O)c1ccccc1C. The summed E-state index contributed by atoms with van der Waals surface area (Å²) in [5.74, 6) is -0.151. The molecule has 2 rings (SSSR count). The molecule has 0 aliphatic carbocycles. The van der Waals surface area contributed by atoms with Gasteiger partial charge in [-0.2, -0.15) is 0 Å². The van der Waals surface area contributed by atoms with Gasteiger partial charge in [0.2, 0.25) is 0 Å². The lowest BCUT2D eigenvalue weighted by atomic mass is 10.1. The Hall–Kier alpha value is -2.82. The number of hydrogen-bond donors (Lipinski definition) is 2. The summed E-state index contributed by atoms with van der Waals surface area (Å²) >= 11 is 0. The van der Waals surface area contributed by atoms with E-state index in [1.165, 1.54) is 12.3 Å². The number of hydrogen-bond acceptors (Lipinski definition) is 3. The van der Waals surface area contributed by atoms with Crippen LogP contribution in [0.4, 0.5) is 0 Å². The molecule has 2 N–H and O–H groups in total. The van der Waals surface area contributed by atoms with Crippen molar-refractivity contribution in [3.63, 3.8) is 0 Å². The van der Waals surface area contributed by atoms with Crippen molar-refractivity contribution in [2.75, 3.05) is 0 Å². The molecule has 0 saturated heterocycles. The second kappa shape index (κ2) is 8.87. The highest BCUT2D eigenvalue weighted by Crippen LogP contribution is 2.11. The van der Waals surface area contributed by atoms with Gasteiger partial charge in [0, 0.05) is 17.7 Å². The van der Waals surface area contributed by atoms with Crippen molar-refractivity contribution in [2.24, 2.45) is 0 Å². The van der Waals surface area contributed by atoms with Crippen molar-refractivity contribution in [1.82, 2.24) is 10.6 Å². The molecule has 132 valence electrons. The molecule has 5 nitrogen and oxygen atoms in total. The molecule has 1 aromatic carbocycles. The van der Waals surface area contributed by atoms with Gasteiger partial charge in [0.1, 0.15) is 11.5 Å². The molecule has 0 saturated carbocycles. The van der Waals surface area contributed by atoms with Crippen LogP contribution in [0, 0.1) is 6.92 Å². The highest BCUT2D eigenvalue weighted by atomic mass is 16.3. The first-order valence-corrected chi connectivity index (χ1v) is 8.48. The van der Waals surface area contributed by atoms with Gasteiger partial charge in [0.05, 0.1) is 6.26 Å². The van der Waals surface area contributed by atoms with Crippen molar-refractivity contribution < 1.29 is 14.0 Å².